The van der Waals surface area contributed by atoms with Crippen LogP contribution in [0.4, 0.5) is 0 Å². The second-order valence-corrected chi connectivity index (χ2v) is 7.02. The van der Waals surface area contributed by atoms with Crippen LogP contribution in [0.2, 0.25) is 0 Å². The van der Waals surface area contributed by atoms with E-state index in [1.807, 2.05) is 37.3 Å². The third-order valence-electron chi connectivity index (χ3n) is 4.75. The highest BCUT2D eigenvalue weighted by atomic mass is 16.5. The van der Waals surface area contributed by atoms with E-state index in [0.717, 1.165) is 10.6 Å². The lowest BCUT2D eigenvalue weighted by molar-refractivity contribution is -0.152. The Kier molecular flexibility index (Phi) is 6.79. The third kappa shape index (κ3) is 5.44. The van der Waals surface area contributed by atoms with Gasteiger partial charge in [0.05, 0.1) is 18.5 Å². The van der Waals surface area contributed by atoms with Gasteiger partial charge in [-0.3, -0.25) is 29.6 Å². The number of rotatable bonds is 7. The summed E-state index contributed by atoms with van der Waals surface area (Å²) >= 11 is 0. The minimum atomic E-state index is -0.743. The second-order valence-electron chi connectivity index (χ2n) is 7.02. The van der Waals surface area contributed by atoms with E-state index in [9.17, 15) is 19.2 Å². The van der Waals surface area contributed by atoms with Crippen molar-refractivity contribution in [2.45, 2.75) is 19.4 Å². The molecule has 1 fully saturated rings. The second kappa shape index (κ2) is 9.69. The van der Waals surface area contributed by atoms with Crippen molar-refractivity contribution in [1.29, 1.82) is 0 Å². The fourth-order valence-corrected chi connectivity index (χ4v) is 3.11. The average Bonchev–Trinajstić information content (AvgIpc) is 3.13. The van der Waals surface area contributed by atoms with Crippen molar-refractivity contribution in [2.24, 2.45) is 5.92 Å². The zero-order valence-electron chi connectivity index (χ0n) is 16.5. The van der Waals surface area contributed by atoms with Gasteiger partial charge >= 0.3 is 5.97 Å². The number of hydrazine groups is 1. The predicted octanol–water partition coefficient (Wildman–Crippen LogP) is 1.60. The zero-order chi connectivity index (χ0) is 21.5. The van der Waals surface area contributed by atoms with Gasteiger partial charge in [-0.15, -0.1) is 0 Å². The Morgan fingerprint density at radius 1 is 1.07 bits per heavy atom. The van der Waals surface area contributed by atoms with Gasteiger partial charge in [0.15, 0.2) is 6.61 Å². The summed E-state index contributed by atoms with van der Waals surface area (Å²) in [4.78, 5) is 48.6. The van der Waals surface area contributed by atoms with Crippen molar-refractivity contribution < 1.29 is 23.9 Å². The van der Waals surface area contributed by atoms with E-state index >= 15 is 0 Å². The number of nitrogens with zero attached hydrogens (tertiary/aromatic N) is 1. The van der Waals surface area contributed by atoms with Crippen molar-refractivity contribution >= 4 is 23.7 Å². The van der Waals surface area contributed by atoms with Crippen molar-refractivity contribution in [2.75, 3.05) is 13.2 Å². The molecule has 3 amide bonds. The van der Waals surface area contributed by atoms with E-state index in [-0.39, 0.29) is 24.9 Å². The van der Waals surface area contributed by atoms with Crippen LogP contribution in [0.1, 0.15) is 35.3 Å². The number of carbonyl (C=O) groups is 4. The molecule has 1 aliphatic rings. The third-order valence-corrected chi connectivity index (χ3v) is 4.75. The first kappa shape index (κ1) is 21.0. The molecule has 2 atom stereocenters. The number of amides is 3. The van der Waals surface area contributed by atoms with Gasteiger partial charge in [0.25, 0.3) is 11.8 Å². The molecule has 0 bridgehead atoms. The van der Waals surface area contributed by atoms with E-state index in [2.05, 4.69) is 10.7 Å². The standard InChI is InChI=1S/C22H23N3O5/c1-15(16-8-4-2-5-9-16)23-19(26)14-30-22(29)18-12-20(27)25(13-18)24-21(28)17-10-6-3-7-11-17/h2-11,15,18H,12-14H2,1H3,(H,23,26)(H,24,28)/t15-,18-/m1/s1. The van der Waals surface area contributed by atoms with Crippen LogP contribution in [0, 0.1) is 5.92 Å². The van der Waals surface area contributed by atoms with Crippen LogP contribution < -0.4 is 10.7 Å². The summed E-state index contributed by atoms with van der Waals surface area (Å²) in [5.41, 5.74) is 3.83. The number of nitrogens with one attached hydrogen (secondary N) is 2. The van der Waals surface area contributed by atoms with Gasteiger partial charge in [-0.25, -0.2) is 0 Å². The van der Waals surface area contributed by atoms with Crippen LogP contribution in [0.3, 0.4) is 0 Å². The fourth-order valence-electron chi connectivity index (χ4n) is 3.11. The topological polar surface area (TPSA) is 105 Å². The Morgan fingerprint density at radius 2 is 1.70 bits per heavy atom. The average molecular weight is 409 g/mol. The van der Waals surface area contributed by atoms with Crippen molar-refractivity contribution in [3.05, 3.63) is 71.8 Å². The molecule has 3 rings (SSSR count). The molecule has 1 saturated heterocycles. The van der Waals surface area contributed by atoms with Crippen molar-refractivity contribution in [1.82, 2.24) is 15.8 Å². The van der Waals surface area contributed by atoms with Crippen LogP contribution in [0.25, 0.3) is 0 Å². The molecule has 2 N–H and O–H groups in total. The van der Waals surface area contributed by atoms with Crippen LogP contribution in [0.5, 0.6) is 0 Å². The van der Waals surface area contributed by atoms with Crippen LogP contribution >= 0.6 is 0 Å². The SMILES string of the molecule is C[C@@H](NC(=O)COC(=O)[C@@H]1CC(=O)N(NC(=O)c2ccccc2)C1)c1ccccc1. The zero-order valence-corrected chi connectivity index (χ0v) is 16.5. The van der Waals surface area contributed by atoms with Gasteiger partial charge in [0.1, 0.15) is 0 Å². The van der Waals surface area contributed by atoms with Crippen molar-refractivity contribution in [3.63, 3.8) is 0 Å². The molecule has 0 unspecified atom stereocenters. The molecule has 156 valence electrons. The molecule has 0 saturated carbocycles. The Bertz CT molecular complexity index is 917. The molecule has 0 spiro atoms. The largest absolute Gasteiger partial charge is 0.455 e. The van der Waals surface area contributed by atoms with Gasteiger partial charge in [-0.2, -0.15) is 0 Å². The fraction of sp³-hybridized carbons (Fsp3) is 0.273. The minimum Gasteiger partial charge on any atom is -0.455 e. The first-order valence-corrected chi connectivity index (χ1v) is 9.61. The monoisotopic (exact) mass is 409 g/mol. The maximum atomic E-state index is 12.3. The number of benzene rings is 2. The molecule has 8 heteroatoms. The Morgan fingerprint density at radius 3 is 2.37 bits per heavy atom. The smallest absolute Gasteiger partial charge is 0.311 e. The molecule has 0 aliphatic carbocycles. The molecular weight excluding hydrogens is 386 g/mol. The van der Waals surface area contributed by atoms with Crippen LogP contribution in [0.15, 0.2) is 60.7 Å². The highest BCUT2D eigenvalue weighted by molar-refractivity contribution is 5.96. The summed E-state index contributed by atoms with van der Waals surface area (Å²) in [5, 5.41) is 3.86. The molecule has 30 heavy (non-hydrogen) atoms. The summed E-state index contributed by atoms with van der Waals surface area (Å²) in [6.07, 6.45) is -0.0874. The van der Waals surface area contributed by atoms with E-state index < -0.39 is 30.3 Å². The Labute approximate surface area is 174 Å². The molecule has 0 aromatic heterocycles. The molecule has 0 radical (unpaired) electrons. The summed E-state index contributed by atoms with van der Waals surface area (Å²) < 4.78 is 5.07. The van der Waals surface area contributed by atoms with E-state index in [1.165, 1.54) is 0 Å². The Balaban J connectivity index is 1.45. The molecule has 2 aromatic carbocycles. The lowest BCUT2D eigenvalue weighted by Crippen LogP contribution is -2.43. The van der Waals surface area contributed by atoms with E-state index in [1.54, 1.807) is 30.3 Å². The minimum absolute atomic E-state index is 0.00171. The van der Waals surface area contributed by atoms with Crippen LogP contribution in [-0.4, -0.2) is 41.9 Å². The summed E-state index contributed by atoms with van der Waals surface area (Å²) in [6.45, 7) is 1.40. The normalized spacial score (nSPS) is 16.6. The molecule has 8 nitrogen and oxygen atoms in total. The Hall–Kier alpha value is -3.68. The summed E-state index contributed by atoms with van der Waals surface area (Å²) in [7, 11) is 0. The maximum Gasteiger partial charge on any atom is 0.311 e. The number of esters is 1. The maximum absolute atomic E-state index is 12.3. The number of ether oxygens (including phenoxy) is 1. The lowest BCUT2D eigenvalue weighted by Gasteiger charge is -2.17. The number of carbonyl (C=O) groups excluding carboxylic acids is 4. The van der Waals surface area contributed by atoms with E-state index in [4.69, 9.17) is 4.74 Å². The molecule has 2 aromatic rings. The first-order chi connectivity index (χ1) is 14.4. The lowest BCUT2D eigenvalue weighted by atomic mass is 10.1. The van der Waals surface area contributed by atoms with Gasteiger partial charge in [0.2, 0.25) is 5.91 Å². The van der Waals surface area contributed by atoms with Crippen molar-refractivity contribution in [3.8, 4) is 0 Å². The number of hydrogen-bond acceptors (Lipinski definition) is 5. The van der Waals surface area contributed by atoms with Crippen LogP contribution in [-0.2, 0) is 19.1 Å². The summed E-state index contributed by atoms with van der Waals surface area (Å²) in [5.74, 6) is -2.65. The first-order valence-electron chi connectivity index (χ1n) is 9.61. The number of hydrogen-bond donors (Lipinski definition) is 2. The van der Waals surface area contributed by atoms with Gasteiger partial charge in [0, 0.05) is 12.0 Å². The summed E-state index contributed by atoms with van der Waals surface area (Å²) in [6, 6.07) is 17.6. The predicted molar refractivity (Wildman–Crippen MR) is 108 cm³/mol. The highest BCUT2D eigenvalue weighted by Gasteiger charge is 2.36. The molecule has 1 aliphatic heterocycles. The molecule has 1 heterocycles. The highest BCUT2D eigenvalue weighted by Crippen LogP contribution is 2.18. The van der Waals surface area contributed by atoms with Gasteiger partial charge in [-0.1, -0.05) is 48.5 Å². The van der Waals surface area contributed by atoms with Gasteiger partial charge in [-0.05, 0) is 24.6 Å². The van der Waals surface area contributed by atoms with E-state index in [0.29, 0.717) is 5.56 Å². The quantitative estimate of drug-likeness (QED) is 0.676. The molecular formula is C22H23N3O5. The van der Waals surface area contributed by atoms with Gasteiger partial charge < -0.3 is 10.1 Å².